The normalized spacial score (nSPS) is 14.9. The monoisotopic (exact) mass is 182 g/mol. The minimum atomic E-state index is -1.16. The van der Waals surface area contributed by atoms with Gasteiger partial charge < -0.3 is 0 Å². The van der Waals surface area contributed by atoms with Crippen LogP contribution in [-0.2, 0) is 0 Å². The molecule has 0 fully saturated rings. The van der Waals surface area contributed by atoms with Crippen LogP contribution in [0.1, 0.15) is 27.7 Å². The van der Waals surface area contributed by atoms with Crippen molar-refractivity contribution in [2.45, 2.75) is 47.3 Å². The second-order valence-electron chi connectivity index (χ2n) is 5.61. The van der Waals surface area contributed by atoms with Crippen molar-refractivity contribution in [3.63, 3.8) is 0 Å². The predicted octanol–water partition coefficient (Wildman–Crippen LogP) is 3.55. The van der Waals surface area contributed by atoms with Crippen molar-refractivity contribution < 1.29 is 0 Å². The quantitative estimate of drug-likeness (QED) is 0.397. The van der Waals surface area contributed by atoms with Gasteiger partial charge in [0.05, 0.1) is 0 Å². The van der Waals surface area contributed by atoms with Gasteiger partial charge in [-0.05, 0) is 5.41 Å². The first-order valence-corrected chi connectivity index (χ1v) is 8.15. The van der Waals surface area contributed by atoms with Gasteiger partial charge in [0.25, 0.3) is 0 Å². The fourth-order valence-electron chi connectivity index (χ4n) is 0.541. The molecule has 0 aromatic heterocycles. The van der Waals surface area contributed by atoms with Crippen LogP contribution in [0.25, 0.3) is 0 Å². The first-order valence-electron chi connectivity index (χ1n) is 4.65. The zero-order valence-corrected chi connectivity index (χ0v) is 10.6. The summed E-state index contributed by atoms with van der Waals surface area (Å²) in [5.41, 5.74) is 3.74. The van der Waals surface area contributed by atoms with E-state index in [1.807, 2.05) is 0 Å². The van der Waals surface area contributed by atoms with Crippen LogP contribution < -0.4 is 0 Å². The minimum absolute atomic E-state index is 0.326. The topological polar surface area (TPSA) is 0 Å². The minimum Gasteiger partial charge on any atom is -0.132 e. The molecule has 1 atom stereocenters. The molecule has 0 bridgehead atoms. The van der Waals surface area contributed by atoms with E-state index in [0.29, 0.717) is 11.3 Å². The summed E-state index contributed by atoms with van der Waals surface area (Å²) in [4.78, 5) is 0. The molecule has 0 nitrogen and oxygen atoms in total. The molecule has 0 N–H and O–H groups in total. The van der Waals surface area contributed by atoms with E-state index in [0.717, 1.165) is 0 Å². The molecule has 0 unspecified atom stereocenters. The molecular formula is C11H22Si. The van der Waals surface area contributed by atoms with Crippen molar-refractivity contribution in [1.82, 2.24) is 0 Å². The second kappa shape index (κ2) is 3.66. The Bertz CT molecular complexity index is 192. The Balaban J connectivity index is 4.34. The van der Waals surface area contributed by atoms with Gasteiger partial charge in [-0.15, -0.1) is 11.5 Å². The summed E-state index contributed by atoms with van der Waals surface area (Å²) in [5, 5.41) is 0. The van der Waals surface area contributed by atoms with E-state index in [1.165, 1.54) is 0 Å². The third-order valence-electron chi connectivity index (χ3n) is 1.96. The molecule has 0 aliphatic heterocycles. The standard InChI is InChI=1S/C11H22Si/c1-10(11(2,3)4)8-9-12(5,6)7/h10H,1-7H3/t10-/m1/s1. The second-order valence-corrected chi connectivity index (χ2v) is 10.4. The number of hydrogen-bond acceptors (Lipinski definition) is 0. The van der Waals surface area contributed by atoms with Crippen LogP contribution in [0, 0.1) is 22.8 Å². The van der Waals surface area contributed by atoms with Gasteiger partial charge in [-0.2, -0.15) is 0 Å². The maximum Gasteiger partial charge on any atom is 0.129 e. The Morgan fingerprint density at radius 2 is 1.50 bits per heavy atom. The van der Waals surface area contributed by atoms with Gasteiger partial charge in [0, 0.05) is 5.92 Å². The molecule has 0 radical (unpaired) electrons. The molecule has 0 saturated heterocycles. The van der Waals surface area contributed by atoms with Crippen molar-refractivity contribution in [2.75, 3.05) is 0 Å². The first-order chi connectivity index (χ1) is 5.13. The lowest BCUT2D eigenvalue weighted by molar-refractivity contribution is 0.324. The molecule has 1 heteroatoms. The van der Waals surface area contributed by atoms with Crippen LogP contribution in [0.2, 0.25) is 19.6 Å². The SMILES string of the molecule is C[C@H](C#C[Si](C)(C)C)C(C)(C)C. The molecule has 0 aromatic carbocycles. The predicted molar refractivity (Wildman–Crippen MR) is 59.7 cm³/mol. The van der Waals surface area contributed by atoms with Crippen molar-refractivity contribution in [1.29, 1.82) is 0 Å². The highest BCUT2D eigenvalue weighted by Gasteiger charge is 2.18. The molecule has 0 spiro atoms. The molecule has 0 heterocycles. The fraction of sp³-hybridized carbons (Fsp3) is 0.818. The molecule has 0 rings (SSSR count). The van der Waals surface area contributed by atoms with Crippen LogP contribution in [0.15, 0.2) is 0 Å². The zero-order chi connectivity index (χ0) is 9.99. The van der Waals surface area contributed by atoms with Gasteiger partial charge in [-0.25, -0.2) is 0 Å². The molecule has 0 aliphatic rings. The molecule has 12 heavy (non-hydrogen) atoms. The van der Waals surface area contributed by atoms with Gasteiger partial charge in [-0.1, -0.05) is 47.3 Å². The fourth-order valence-corrected chi connectivity index (χ4v) is 1.19. The summed E-state index contributed by atoms with van der Waals surface area (Å²) in [7, 11) is -1.16. The highest BCUT2D eigenvalue weighted by atomic mass is 28.3. The summed E-state index contributed by atoms with van der Waals surface area (Å²) >= 11 is 0. The summed E-state index contributed by atoms with van der Waals surface area (Å²) in [5.74, 6) is 3.88. The van der Waals surface area contributed by atoms with Crippen LogP contribution in [0.3, 0.4) is 0 Å². The van der Waals surface area contributed by atoms with Crippen molar-refractivity contribution >= 4 is 8.07 Å². The van der Waals surface area contributed by atoms with Gasteiger partial charge in [0.2, 0.25) is 0 Å². The van der Waals surface area contributed by atoms with Crippen LogP contribution in [0.4, 0.5) is 0 Å². The van der Waals surface area contributed by atoms with Crippen LogP contribution >= 0.6 is 0 Å². The average Bonchev–Trinajstić information content (AvgIpc) is 1.78. The van der Waals surface area contributed by atoms with E-state index in [9.17, 15) is 0 Å². The lowest BCUT2D eigenvalue weighted by atomic mass is 9.83. The van der Waals surface area contributed by atoms with E-state index >= 15 is 0 Å². The summed E-state index contributed by atoms with van der Waals surface area (Å²) in [6.45, 7) is 15.8. The zero-order valence-electron chi connectivity index (χ0n) is 9.58. The van der Waals surface area contributed by atoms with E-state index in [-0.39, 0.29) is 0 Å². The smallest absolute Gasteiger partial charge is 0.129 e. The van der Waals surface area contributed by atoms with Gasteiger partial charge in [0.15, 0.2) is 0 Å². The third kappa shape index (κ3) is 5.43. The highest BCUT2D eigenvalue weighted by molar-refractivity contribution is 6.83. The number of rotatable bonds is 0. The number of hydrogen-bond donors (Lipinski definition) is 0. The first kappa shape index (κ1) is 11.8. The highest BCUT2D eigenvalue weighted by Crippen LogP contribution is 2.24. The molecule has 0 aliphatic carbocycles. The maximum absolute atomic E-state index is 3.42. The molecule has 70 valence electrons. The lowest BCUT2D eigenvalue weighted by Crippen LogP contribution is -2.20. The van der Waals surface area contributed by atoms with Crippen molar-refractivity contribution in [3.05, 3.63) is 0 Å². The summed E-state index contributed by atoms with van der Waals surface area (Å²) < 4.78 is 0. The summed E-state index contributed by atoms with van der Waals surface area (Å²) in [6.07, 6.45) is 0. The van der Waals surface area contributed by atoms with Crippen molar-refractivity contribution in [3.8, 4) is 11.5 Å². The largest absolute Gasteiger partial charge is 0.132 e. The Morgan fingerprint density at radius 3 is 1.75 bits per heavy atom. The van der Waals surface area contributed by atoms with E-state index in [4.69, 9.17) is 0 Å². The van der Waals surface area contributed by atoms with Gasteiger partial charge in [0.1, 0.15) is 8.07 Å². The van der Waals surface area contributed by atoms with Crippen molar-refractivity contribution in [2.24, 2.45) is 11.3 Å². The average molecular weight is 182 g/mol. The van der Waals surface area contributed by atoms with Gasteiger partial charge >= 0.3 is 0 Å². The molecule has 0 aromatic rings. The van der Waals surface area contributed by atoms with Crippen LogP contribution in [0.5, 0.6) is 0 Å². The Kier molecular flexibility index (Phi) is 3.59. The Hall–Kier alpha value is -0.223. The third-order valence-corrected chi connectivity index (χ3v) is 2.86. The molecule has 0 saturated carbocycles. The van der Waals surface area contributed by atoms with E-state index in [1.54, 1.807) is 0 Å². The van der Waals surface area contributed by atoms with E-state index < -0.39 is 8.07 Å². The Labute approximate surface area is 78.8 Å². The summed E-state index contributed by atoms with van der Waals surface area (Å²) in [6, 6.07) is 0. The lowest BCUT2D eigenvalue weighted by Gasteiger charge is -2.22. The van der Waals surface area contributed by atoms with E-state index in [2.05, 4.69) is 58.8 Å². The van der Waals surface area contributed by atoms with Gasteiger partial charge in [-0.3, -0.25) is 0 Å². The maximum atomic E-state index is 3.42. The molecular weight excluding hydrogens is 160 g/mol. The Morgan fingerprint density at radius 1 is 1.08 bits per heavy atom. The van der Waals surface area contributed by atoms with Crippen LogP contribution in [-0.4, -0.2) is 8.07 Å². The molecule has 0 amide bonds.